The Balaban J connectivity index is 2.15. The highest BCUT2D eigenvalue weighted by atomic mass is 79.9. The molecule has 0 saturated heterocycles. The van der Waals surface area contributed by atoms with Crippen molar-refractivity contribution in [3.8, 4) is 0 Å². The SMILES string of the molecule is O=C(Nc1ccc(Cl)c(Cl)c1)c1csc(Br)c1. The molecule has 0 aliphatic heterocycles. The standard InChI is InChI=1S/C11H6BrCl2NOS/c12-10-3-6(5-17-10)11(16)15-7-1-2-8(13)9(14)4-7/h1-5H,(H,15,16). The molecular weight excluding hydrogens is 345 g/mol. The number of carbonyl (C=O) groups excluding carboxylic acids is 1. The Labute approximate surface area is 121 Å². The Hall–Kier alpha value is -0.550. The number of hydrogen-bond donors (Lipinski definition) is 1. The molecule has 88 valence electrons. The average molecular weight is 351 g/mol. The van der Waals surface area contributed by atoms with E-state index in [2.05, 4.69) is 21.2 Å². The van der Waals surface area contributed by atoms with Crippen LogP contribution < -0.4 is 5.32 Å². The molecule has 1 N–H and O–H groups in total. The highest BCUT2D eigenvalue weighted by Gasteiger charge is 2.09. The molecule has 17 heavy (non-hydrogen) atoms. The van der Waals surface area contributed by atoms with Crippen LogP contribution in [0.1, 0.15) is 10.4 Å². The van der Waals surface area contributed by atoms with Gasteiger partial charge in [0.15, 0.2) is 0 Å². The van der Waals surface area contributed by atoms with Gasteiger partial charge < -0.3 is 5.32 Å². The van der Waals surface area contributed by atoms with Crippen molar-refractivity contribution in [3.05, 3.63) is 49.0 Å². The van der Waals surface area contributed by atoms with Crippen LogP contribution in [-0.2, 0) is 0 Å². The summed E-state index contributed by atoms with van der Waals surface area (Å²) in [5, 5.41) is 5.39. The number of rotatable bonds is 2. The fourth-order valence-electron chi connectivity index (χ4n) is 1.21. The van der Waals surface area contributed by atoms with Gasteiger partial charge in [-0.2, -0.15) is 0 Å². The van der Waals surface area contributed by atoms with Crippen molar-refractivity contribution in [2.24, 2.45) is 0 Å². The summed E-state index contributed by atoms with van der Waals surface area (Å²) in [7, 11) is 0. The lowest BCUT2D eigenvalue weighted by molar-refractivity contribution is 0.102. The van der Waals surface area contributed by atoms with Crippen LogP contribution in [0.5, 0.6) is 0 Å². The van der Waals surface area contributed by atoms with Gasteiger partial charge in [-0.15, -0.1) is 11.3 Å². The summed E-state index contributed by atoms with van der Waals surface area (Å²) in [5.74, 6) is -0.176. The molecule has 2 aromatic rings. The minimum absolute atomic E-state index is 0.176. The highest BCUT2D eigenvalue weighted by molar-refractivity contribution is 9.11. The minimum atomic E-state index is -0.176. The van der Waals surface area contributed by atoms with Crippen LogP contribution in [-0.4, -0.2) is 5.91 Å². The fourth-order valence-corrected chi connectivity index (χ4v) is 2.64. The predicted molar refractivity (Wildman–Crippen MR) is 76.4 cm³/mol. The molecule has 0 spiro atoms. The monoisotopic (exact) mass is 349 g/mol. The molecule has 0 fully saturated rings. The molecule has 1 heterocycles. The van der Waals surface area contributed by atoms with E-state index in [-0.39, 0.29) is 5.91 Å². The number of amides is 1. The maximum atomic E-state index is 11.8. The third-order valence-corrected chi connectivity index (χ3v) is 4.25. The lowest BCUT2D eigenvalue weighted by Gasteiger charge is -2.04. The first-order valence-corrected chi connectivity index (χ1v) is 6.99. The maximum Gasteiger partial charge on any atom is 0.256 e. The first-order chi connectivity index (χ1) is 8.06. The number of carbonyl (C=O) groups is 1. The van der Waals surface area contributed by atoms with Crippen LogP contribution in [0.3, 0.4) is 0 Å². The fraction of sp³-hybridized carbons (Fsp3) is 0. The summed E-state index contributed by atoms with van der Waals surface area (Å²) in [5.41, 5.74) is 1.22. The molecule has 0 aliphatic carbocycles. The normalized spacial score (nSPS) is 10.3. The van der Waals surface area contributed by atoms with E-state index in [1.807, 2.05) is 0 Å². The Morgan fingerprint density at radius 1 is 1.24 bits per heavy atom. The van der Waals surface area contributed by atoms with E-state index in [1.54, 1.807) is 29.6 Å². The van der Waals surface area contributed by atoms with Gasteiger partial charge in [0.05, 0.1) is 19.4 Å². The molecule has 0 radical (unpaired) electrons. The van der Waals surface area contributed by atoms with Gasteiger partial charge in [0.1, 0.15) is 0 Å². The molecule has 0 saturated carbocycles. The summed E-state index contributed by atoms with van der Waals surface area (Å²) >= 11 is 16.4. The lowest BCUT2D eigenvalue weighted by Crippen LogP contribution is -2.10. The van der Waals surface area contributed by atoms with Crippen LogP contribution in [0.2, 0.25) is 10.0 Å². The van der Waals surface area contributed by atoms with E-state index in [1.165, 1.54) is 11.3 Å². The van der Waals surface area contributed by atoms with Gasteiger partial charge in [-0.3, -0.25) is 4.79 Å². The quantitative estimate of drug-likeness (QED) is 0.804. The predicted octanol–water partition coefficient (Wildman–Crippen LogP) is 5.07. The van der Waals surface area contributed by atoms with E-state index in [0.717, 1.165) is 3.79 Å². The Bertz CT molecular complexity index is 570. The van der Waals surface area contributed by atoms with Gasteiger partial charge in [-0.05, 0) is 40.2 Å². The van der Waals surface area contributed by atoms with Crippen molar-refractivity contribution < 1.29 is 4.79 Å². The molecule has 1 amide bonds. The average Bonchev–Trinajstić information content (AvgIpc) is 2.70. The summed E-state index contributed by atoms with van der Waals surface area (Å²) in [4.78, 5) is 11.8. The molecule has 0 atom stereocenters. The highest BCUT2D eigenvalue weighted by Crippen LogP contribution is 2.26. The largest absolute Gasteiger partial charge is 0.322 e. The molecule has 2 nitrogen and oxygen atoms in total. The summed E-state index contributed by atoms with van der Waals surface area (Å²) < 4.78 is 0.914. The lowest BCUT2D eigenvalue weighted by atomic mass is 10.3. The number of benzene rings is 1. The summed E-state index contributed by atoms with van der Waals surface area (Å²) in [6.45, 7) is 0. The Morgan fingerprint density at radius 2 is 2.00 bits per heavy atom. The Morgan fingerprint density at radius 3 is 2.59 bits per heavy atom. The van der Waals surface area contributed by atoms with Gasteiger partial charge in [0.2, 0.25) is 0 Å². The zero-order valence-corrected chi connectivity index (χ0v) is 12.3. The van der Waals surface area contributed by atoms with Gasteiger partial charge in [0, 0.05) is 11.1 Å². The van der Waals surface area contributed by atoms with Gasteiger partial charge in [-0.1, -0.05) is 23.2 Å². The van der Waals surface area contributed by atoms with Crippen molar-refractivity contribution in [2.45, 2.75) is 0 Å². The van der Waals surface area contributed by atoms with E-state index in [0.29, 0.717) is 21.3 Å². The molecular formula is C11H6BrCl2NOS. The van der Waals surface area contributed by atoms with Gasteiger partial charge in [0.25, 0.3) is 5.91 Å². The molecule has 1 aromatic heterocycles. The van der Waals surface area contributed by atoms with Crippen molar-refractivity contribution in [1.29, 1.82) is 0 Å². The zero-order valence-electron chi connectivity index (χ0n) is 8.34. The molecule has 2 rings (SSSR count). The summed E-state index contributed by atoms with van der Waals surface area (Å²) in [6, 6.07) is 6.72. The van der Waals surface area contributed by atoms with Gasteiger partial charge >= 0.3 is 0 Å². The molecule has 0 bridgehead atoms. The molecule has 1 aromatic carbocycles. The minimum Gasteiger partial charge on any atom is -0.322 e. The van der Waals surface area contributed by atoms with Crippen LogP contribution in [0, 0.1) is 0 Å². The first kappa shape index (κ1) is 12.9. The second-order valence-electron chi connectivity index (χ2n) is 3.22. The van der Waals surface area contributed by atoms with E-state index < -0.39 is 0 Å². The van der Waals surface area contributed by atoms with Crippen LogP contribution in [0.4, 0.5) is 5.69 Å². The smallest absolute Gasteiger partial charge is 0.256 e. The van der Waals surface area contributed by atoms with Crippen molar-refractivity contribution in [2.75, 3.05) is 5.32 Å². The number of halogens is 3. The van der Waals surface area contributed by atoms with Crippen LogP contribution in [0.25, 0.3) is 0 Å². The zero-order chi connectivity index (χ0) is 12.4. The van der Waals surface area contributed by atoms with Gasteiger partial charge in [-0.25, -0.2) is 0 Å². The van der Waals surface area contributed by atoms with E-state index in [4.69, 9.17) is 23.2 Å². The maximum absolute atomic E-state index is 11.8. The van der Waals surface area contributed by atoms with Crippen LogP contribution in [0.15, 0.2) is 33.4 Å². The van der Waals surface area contributed by atoms with Crippen molar-refractivity contribution in [3.63, 3.8) is 0 Å². The summed E-state index contributed by atoms with van der Waals surface area (Å²) in [6.07, 6.45) is 0. The third kappa shape index (κ3) is 3.22. The second kappa shape index (κ2) is 5.40. The number of hydrogen-bond acceptors (Lipinski definition) is 2. The van der Waals surface area contributed by atoms with Crippen LogP contribution >= 0.6 is 50.5 Å². The second-order valence-corrected chi connectivity index (χ2v) is 6.33. The van der Waals surface area contributed by atoms with Crippen molar-refractivity contribution >= 4 is 62.1 Å². The Kier molecular flexibility index (Phi) is 4.09. The topological polar surface area (TPSA) is 29.1 Å². The van der Waals surface area contributed by atoms with Crippen molar-refractivity contribution in [1.82, 2.24) is 0 Å². The molecule has 0 aliphatic rings. The number of thiophene rings is 1. The number of nitrogens with one attached hydrogen (secondary N) is 1. The number of anilines is 1. The molecule has 6 heteroatoms. The van der Waals surface area contributed by atoms with E-state index >= 15 is 0 Å². The molecule has 0 unspecified atom stereocenters. The van der Waals surface area contributed by atoms with E-state index in [9.17, 15) is 4.79 Å². The first-order valence-electron chi connectivity index (χ1n) is 4.56. The third-order valence-electron chi connectivity index (χ3n) is 2.01.